The first-order chi connectivity index (χ1) is 16.6. The highest BCUT2D eigenvalue weighted by Crippen LogP contribution is 2.34. The number of ether oxygens (including phenoxy) is 1. The van der Waals surface area contributed by atoms with Gasteiger partial charge >= 0.3 is 0 Å². The highest BCUT2D eigenvalue weighted by Gasteiger charge is 2.35. The maximum atomic E-state index is 12.8. The first-order valence-corrected chi connectivity index (χ1v) is 12.4. The summed E-state index contributed by atoms with van der Waals surface area (Å²) in [4.78, 5) is 27.0. The zero-order chi connectivity index (χ0) is 23.5. The van der Waals surface area contributed by atoms with E-state index in [1.807, 2.05) is 60.7 Å². The average molecular weight is 530 g/mol. The molecule has 0 N–H and O–H groups in total. The zero-order valence-electron chi connectivity index (χ0n) is 18.1. The first kappa shape index (κ1) is 22.4. The van der Waals surface area contributed by atoms with Crippen LogP contribution in [0.2, 0.25) is 0 Å². The molecule has 4 nitrogen and oxygen atoms in total. The third-order valence-electron chi connectivity index (χ3n) is 5.56. The van der Waals surface area contributed by atoms with Gasteiger partial charge in [-0.1, -0.05) is 82.7 Å². The Kier molecular flexibility index (Phi) is 6.52. The molecule has 1 aliphatic rings. The van der Waals surface area contributed by atoms with Crippen LogP contribution in [-0.2, 0) is 17.9 Å². The Bertz CT molecular complexity index is 1410. The molecule has 0 unspecified atom stereocenters. The first-order valence-electron chi connectivity index (χ1n) is 10.8. The van der Waals surface area contributed by atoms with Gasteiger partial charge in [-0.25, -0.2) is 0 Å². The van der Waals surface area contributed by atoms with E-state index < -0.39 is 0 Å². The van der Waals surface area contributed by atoms with Crippen molar-refractivity contribution in [3.63, 3.8) is 0 Å². The van der Waals surface area contributed by atoms with E-state index in [9.17, 15) is 9.59 Å². The lowest BCUT2D eigenvalue weighted by molar-refractivity contribution is -0.123. The minimum atomic E-state index is -0.276. The molecule has 0 bridgehead atoms. The van der Waals surface area contributed by atoms with Crippen LogP contribution < -0.4 is 4.74 Å². The van der Waals surface area contributed by atoms with Crippen molar-refractivity contribution >= 4 is 55.7 Å². The molecule has 4 aromatic rings. The van der Waals surface area contributed by atoms with E-state index in [4.69, 9.17) is 4.74 Å². The molecule has 0 aromatic heterocycles. The van der Waals surface area contributed by atoms with Crippen molar-refractivity contribution in [1.29, 1.82) is 0 Å². The van der Waals surface area contributed by atoms with E-state index in [2.05, 4.69) is 46.3 Å². The SMILES string of the molecule is O=C1S/C(=C\c2ccc(OCc3ccc4ccccc4c3)cc2)C(=O)N1Cc1ccccc1Br. The predicted molar refractivity (Wildman–Crippen MR) is 140 cm³/mol. The molecule has 0 saturated carbocycles. The molecule has 5 rings (SSSR count). The van der Waals surface area contributed by atoms with Crippen LogP contribution in [0.4, 0.5) is 4.79 Å². The van der Waals surface area contributed by atoms with Gasteiger partial charge in [-0.05, 0) is 69.6 Å². The fourth-order valence-electron chi connectivity index (χ4n) is 3.74. The molecule has 1 saturated heterocycles. The summed E-state index contributed by atoms with van der Waals surface area (Å²) in [5.41, 5.74) is 2.82. The number of amides is 2. The van der Waals surface area contributed by atoms with Crippen molar-refractivity contribution in [3.05, 3.63) is 117 Å². The monoisotopic (exact) mass is 529 g/mol. The maximum Gasteiger partial charge on any atom is 0.293 e. The van der Waals surface area contributed by atoms with Gasteiger partial charge in [-0.3, -0.25) is 14.5 Å². The highest BCUT2D eigenvalue weighted by molar-refractivity contribution is 9.10. The Morgan fingerprint density at radius 1 is 0.853 bits per heavy atom. The van der Waals surface area contributed by atoms with Crippen molar-refractivity contribution in [2.75, 3.05) is 0 Å². The van der Waals surface area contributed by atoms with Crippen molar-refractivity contribution < 1.29 is 14.3 Å². The summed E-state index contributed by atoms with van der Waals surface area (Å²) in [7, 11) is 0. The Labute approximate surface area is 210 Å². The van der Waals surface area contributed by atoms with Crippen LogP contribution in [0.15, 0.2) is 100 Å². The molecular weight excluding hydrogens is 510 g/mol. The summed E-state index contributed by atoms with van der Waals surface area (Å²) < 4.78 is 6.81. The number of carbonyl (C=O) groups excluding carboxylic acids is 2. The molecule has 168 valence electrons. The number of nitrogens with zero attached hydrogens (tertiary/aromatic N) is 1. The molecule has 1 fully saturated rings. The zero-order valence-corrected chi connectivity index (χ0v) is 20.5. The Morgan fingerprint density at radius 2 is 1.59 bits per heavy atom. The molecule has 0 spiro atoms. The van der Waals surface area contributed by atoms with Gasteiger partial charge in [0, 0.05) is 4.47 Å². The molecule has 0 atom stereocenters. The van der Waals surface area contributed by atoms with Gasteiger partial charge < -0.3 is 4.74 Å². The second-order valence-corrected chi connectivity index (χ2v) is 9.75. The maximum absolute atomic E-state index is 12.8. The van der Waals surface area contributed by atoms with Crippen LogP contribution in [0.1, 0.15) is 16.7 Å². The standard InChI is InChI=1S/C28H20BrNO3S/c29-25-8-4-3-7-23(25)17-30-27(31)26(34-28(30)32)16-19-10-13-24(14-11-19)33-18-20-9-12-21-5-1-2-6-22(21)15-20/h1-16H,17-18H2/b26-16-. The number of benzene rings is 4. The fraction of sp³-hybridized carbons (Fsp3) is 0.0714. The topological polar surface area (TPSA) is 46.6 Å². The van der Waals surface area contributed by atoms with Gasteiger partial charge in [-0.15, -0.1) is 0 Å². The molecule has 6 heteroatoms. The van der Waals surface area contributed by atoms with Crippen LogP contribution in [0.25, 0.3) is 16.8 Å². The minimum Gasteiger partial charge on any atom is -0.489 e. The minimum absolute atomic E-state index is 0.241. The number of hydrogen-bond donors (Lipinski definition) is 0. The van der Waals surface area contributed by atoms with Crippen LogP contribution in [-0.4, -0.2) is 16.0 Å². The van der Waals surface area contributed by atoms with E-state index in [0.29, 0.717) is 11.5 Å². The van der Waals surface area contributed by atoms with Crippen molar-refractivity contribution in [3.8, 4) is 5.75 Å². The second-order valence-electron chi connectivity index (χ2n) is 7.90. The van der Waals surface area contributed by atoms with Gasteiger partial charge in [0.15, 0.2) is 0 Å². The van der Waals surface area contributed by atoms with Gasteiger partial charge in [-0.2, -0.15) is 0 Å². The van der Waals surface area contributed by atoms with Gasteiger partial charge in [0.25, 0.3) is 11.1 Å². The highest BCUT2D eigenvalue weighted by atomic mass is 79.9. The lowest BCUT2D eigenvalue weighted by Crippen LogP contribution is -2.27. The lowest BCUT2D eigenvalue weighted by Gasteiger charge is -2.13. The fourth-order valence-corrected chi connectivity index (χ4v) is 4.99. The Morgan fingerprint density at radius 3 is 2.38 bits per heavy atom. The number of imide groups is 1. The summed E-state index contributed by atoms with van der Waals surface area (Å²) in [6, 6.07) is 29.6. The van der Waals surface area contributed by atoms with Crippen LogP contribution in [0, 0.1) is 0 Å². The molecule has 2 amide bonds. The molecule has 34 heavy (non-hydrogen) atoms. The smallest absolute Gasteiger partial charge is 0.293 e. The van der Waals surface area contributed by atoms with Crippen molar-refractivity contribution in [2.45, 2.75) is 13.2 Å². The third kappa shape index (κ3) is 4.93. The van der Waals surface area contributed by atoms with E-state index in [0.717, 1.165) is 38.7 Å². The van der Waals surface area contributed by atoms with Crippen molar-refractivity contribution in [2.24, 2.45) is 0 Å². The summed E-state index contributed by atoms with van der Waals surface area (Å²) in [6.45, 7) is 0.711. The molecule has 0 radical (unpaired) electrons. The van der Waals surface area contributed by atoms with E-state index in [-0.39, 0.29) is 17.7 Å². The lowest BCUT2D eigenvalue weighted by atomic mass is 10.1. The summed E-state index contributed by atoms with van der Waals surface area (Å²) in [5, 5.41) is 2.13. The number of thioether (sulfide) groups is 1. The van der Waals surface area contributed by atoms with Crippen molar-refractivity contribution in [1.82, 2.24) is 4.90 Å². The van der Waals surface area contributed by atoms with E-state index in [1.165, 1.54) is 15.7 Å². The number of rotatable bonds is 6. The largest absolute Gasteiger partial charge is 0.489 e. The average Bonchev–Trinajstić information content (AvgIpc) is 3.12. The van der Waals surface area contributed by atoms with Gasteiger partial charge in [0.05, 0.1) is 11.4 Å². The number of fused-ring (bicyclic) bond motifs is 1. The van der Waals surface area contributed by atoms with Gasteiger partial charge in [0.1, 0.15) is 12.4 Å². The van der Waals surface area contributed by atoms with Crippen LogP contribution in [0.3, 0.4) is 0 Å². The molecule has 1 heterocycles. The summed E-state index contributed by atoms with van der Waals surface area (Å²) in [5.74, 6) is 0.467. The van der Waals surface area contributed by atoms with Crippen LogP contribution in [0.5, 0.6) is 5.75 Å². The second kappa shape index (κ2) is 9.87. The van der Waals surface area contributed by atoms with Crippen LogP contribution >= 0.6 is 27.7 Å². The summed E-state index contributed by atoms with van der Waals surface area (Å²) >= 11 is 4.44. The Hall–Kier alpha value is -3.35. The molecule has 0 aliphatic carbocycles. The number of hydrogen-bond acceptors (Lipinski definition) is 4. The number of carbonyl (C=O) groups is 2. The summed E-state index contributed by atoms with van der Waals surface area (Å²) in [6.07, 6.45) is 1.75. The number of halogens is 1. The van der Waals surface area contributed by atoms with E-state index >= 15 is 0 Å². The van der Waals surface area contributed by atoms with Gasteiger partial charge in [0.2, 0.25) is 0 Å². The van der Waals surface area contributed by atoms with E-state index in [1.54, 1.807) is 6.08 Å². The molecule has 4 aromatic carbocycles. The predicted octanol–water partition coefficient (Wildman–Crippen LogP) is 7.42. The third-order valence-corrected chi connectivity index (χ3v) is 7.24. The quantitative estimate of drug-likeness (QED) is 0.244. The Balaban J connectivity index is 1.24. The normalized spacial score (nSPS) is 14.9. The molecule has 1 aliphatic heterocycles. The molecular formula is C28H20BrNO3S.